The van der Waals surface area contributed by atoms with Gasteiger partial charge in [-0.1, -0.05) is 19.9 Å². The van der Waals surface area contributed by atoms with Crippen LogP contribution >= 0.6 is 11.8 Å². The van der Waals surface area contributed by atoms with Crippen LogP contribution in [0.3, 0.4) is 0 Å². The van der Waals surface area contributed by atoms with Gasteiger partial charge in [0.25, 0.3) is 0 Å². The Morgan fingerprint density at radius 3 is 2.87 bits per heavy atom. The number of hydrogen-bond acceptors (Lipinski definition) is 8. The standard InChI is InChI=1S/C22H26N4O4S/c1-16(2)31-10-9-29-15-26-19(6-8-25-26)22-17(5-4-7-23-22)14-30-20-12-24-21(28-3)11-18(20)13-27/h4-8,11-13,16H,9-10,14-15H2,1-3H3. The Morgan fingerprint density at radius 1 is 1.23 bits per heavy atom. The molecule has 0 atom stereocenters. The van der Waals surface area contributed by atoms with Gasteiger partial charge in [-0.15, -0.1) is 0 Å². The minimum atomic E-state index is 0.217. The Balaban J connectivity index is 1.70. The molecule has 0 aliphatic carbocycles. The Morgan fingerprint density at radius 2 is 2.10 bits per heavy atom. The van der Waals surface area contributed by atoms with Crippen molar-refractivity contribution in [3.8, 4) is 23.0 Å². The zero-order valence-corrected chi connectivity index (χ0v) is 18.7. The fraction of sp³-hybridized carbons (Fsp3) is 0.364. The van der Waals surface area contributed by atoms with Crippen LogP contribution in [0.5, 0.6) is 11.6 Å². The fourth-order valence-corrected chi connectivity index (χ4v) is 3.52. The Hall–Kier alpha value is -2.91. The number of nitrogens with zero attached hydrogens (tertiary/aromatic N) is 4. The van der Waals surface area contributed by atoms with Crippen molar-refractivity contribution in [1.82, 2.24) is 19.7 Å². The summed E-state index contributed by atoms with van der Waals surface area (Å²) in [6.45, 7) is 5.55. The summed E-state index contributed by atoms with van der Waals surface area (Å²) in [6.07, 6.45) is 5.64. The number of pyridine rings is 2. The summed E-state index contributed by atoms with van der Waals surface area (Å²) in [7, 11) is 1.50. The summed E-state index contributed by atoms with van der Waals surface area (Å²) in [6, 6.07) is 7.20. The summed E-state index contributed by atoms with van der Waals surface area (Å²) < 4.78 is 18.5. The monoisotopic (exact) mass is 442 g/mol. The van der Waals surface area contributed by atoms with Crippen molar-refractivity contribution in [2.24, 2.45) is 0 Å². The highest BCUT2D eigenvalue weighted by Gasteiger charge is 2.14. The minimum absolute atomic E-state index is 0.217. The van der Waals surface area contributed by atoms with Gasteiger partial charge in [0.2, 0.25) is 5.88 Å². The van der Waals surface area contributed by atoms with Crippen LogP contribution in [0.15, 0.2) is 42.9 Å². The summed E-state index contributed by atoms with van der Waals surface area (Å²) in [4.78, 5) is 20.0. The van der Waals surface area contributed by atoms with E-state index in [1.54, 1.807) is 17.1 Å². The molecule has 3 aromatic heterocycles. The Kier molecular flexibility index (Phi) is 8.43. The molecule has 0 fully saturated rings. The lowest BCUT2D eigenvalue weighted by molar-refractivity contribution is 0.0823. The molecule has 0 aliphatic rings. The molecular formula is C22H26N4O4S. The zero-order chi connectivity index (χ0) is 22.1. The number of methoxy groups -OCH3 is 1. The fourth-order valence-electron chi connectivity index (χ4n) is 2.83. The maximum atomic E-state index is 11.4. The molecule has 0 radical (unpaired) electrons. The number of hydrogen-bond donors (Lipinski definition) is 0. The lowest BCUT2D eigenvalue weighted by atomic mass is 10.1. The van der Waals surface area contributed by atoms with Crippen molar-refractivity contribution >= 4 is 18.0 Å². The van der Waals surface area contributed by atoms with Gasteiger partial charge in [-0.2, -0.15) is 16.9 Å². The van der Waals surface area contributed by atoms with E-state index in [-0.39, 0.29) is 6.61 Å². The van der Waals surface area contributed by atoms with Crippen molar-refractivity contribution in [1.29, 1.82) is 0 Å². The van der Waals surface area contributed by atoms with Crippen molar-refractivity contribution in [2.75, 3.05) is 19.5 Å². The Labute approximate surface area is 186 Å². The highest BCUT2D eigenvalue weighted by atomic mass is 32.2. The number of aromatic nitrogens is 4. The second-order valence-electron chi connectivity index (χ2n) is 6.86. The van der Waals surface area contributed by atoms with Crippen LogP contribution in [0.2, 0.25) is 0 Å². The lowest BCUT2D eigenvalue weighted by Crippen LogP contribution is -2.10. The quantitative estimate of drug-likeness (QED) is 0.309. The van der Waals surface area contributed by atoms with E-state index in [4.69, 9.17) is 14.2 Å². The molecule has 3 aromatic rings. The van der Waals surface area contributed by atoms with Crippen LogP contribution in [-0.4, -0.2) is 50.8 Å². The average Bonchev–Trinajstić information content (AvgIpc) is 3.25. The van der Waals surface area contributed by atoms with Crippen molar-refractivity contribution in [2.45, 2.75) is 32.4 Å². The topological polar surface area (TPSA) is 88.4 Å². The summed E-state index contributed by atoms with van der Waals surface area (Å²) in [5, 5.41) is 4.95. The number of aldehydes is 1. The molecule has 31 heavy (non-hydrogen) atoms. The van der Waals surface area contributed by atoms with Gasteiger partial charge in [0, 0.05) is 29.8 Å². The third-order valence-corrected chi connectivity index (χ3v) is 5.40. The van der Waals surface area contributed by atoms with E-state index >= 15 is 0 Å². The molecule has 0 aromatic carbocycles. The van der Waals surface area contributed by atoms with Crippen LogP contribution < -0.4 is 9.47 Å². The van der Waals surface area contributed by atoms with E-state index in [0.29, 0.717) is 42.1 Å². The zero-order valence-electron chi connectivity index (χ0n) is 17.9. The molecule has 3 rings (SSSR count). The summed E-state index contributed by atoms with van der Waals surface area (Å²) >= 11 is 1.86. The second kappa shape index (κ2) is 11.5. The molecule has 164 valence electrons. The normalized spacial score (nSPS) is 11.0. The first kappa shape index (κ1) is 22.8. The average molecular weight is 443 g/mol. The molecule has 0 saturated heterocycles. The molecule has 0 spiro atoms. The van der Waals surface area contributed by atoms with Gasteiger partial charge >= 0.3 is 0 Å². The molecule has 3 heterocycles. The van der Waals surface area contributed by atoms with E-state index in [2.05, 4.69) is 28.9 Å². The van der Waals surface area contributed by atoms with Crippen LogP contribution in [-0.2, 0) is 18.1 Å². The van der Waals surface area contributed by atoms with E-state index in [9.17, 15) is 4.79 Å². The predicted molar refractivity (Wildman–Crippen MR) is 120 cm³/mol. The minimum Gasteiger partial charge on any atom is -0.486 e. The summed E-state index contributed by atoms with van der Waals surface area (Å²) in [5.74, 6) is 1.67. The SMILES string of the molecule is COc1cc(C=O)c(OCc2cccnc2-c2ccnn2COCCSC(C)C)cn1. The smallest absolute Gasteiger partial charge is 0.213 e. The molecular weight excluding hydrogens is 416 g/mol. The first-order chi connectivity index (χ1) is 15.1. The first-order valence-corrected chi connectivity index (χ1v) is 10.9. The van der Waals surface area contributed by atoms with E-state index in [1.807, 2.05) is 30.0 Å². The van der Waals surface area contributed by atoms with Gasteiger partial charge in [0.05, 0.1) is 36.9 Å². The number of carbonyl (C=O) groups excluding carboxylic acids is 1. The number of rotatable bonds is 12. The molecule has 0 saturated carbocycles. The second-order valence-corrected chi connectivity index (χ2v) is 8.54. The molecule has 9 heteroatoms. The molecule has 0 aliphatic heterocycles. The third-order valence-electron chi connectivity index (χ3n) is 4.33. The number of ether oxygens (including phenoxy) is 3. The van der Waals surface area contributed by atoms with Crippen molar-refractivity contribution in [3.63, 3.8) is 0 Å². The third kappa shape index (κ3) is 6.28. The van der Waals surface area contributed by atoms with Crippen LogP contribution in [0, 0.1) is 0 Å². The van der Waals surface area contributed by atoms with E-state index in [0.717, 1.165) is 22.7 Å². The van der Waals surface area contributed by atoms with Gasteiger partial charge in [-0.25, -0.2) is 9.67 Å². The van der Waals surface area contributed by atoms with Crippen LogP contribution in [0.4, 0.5) is 0 Å². The van der Waals surface area contributed by atoms with Crippen LogP contribution in [0.25, 0.3) is 11.4 Å². The largest absolute Gasteiger partial charge is 0.486 e. The molecule has 8 nitrogen and oxygen atoms in total. The number of thioether (sulfide) groups is 1. The Bertz CT molecular complexity index is 993. The van der Waals surface area contributed by atoms with Crippen molar-refractivity contribution in [3.05, 3.63) is 54.0 Å². The van der Waals surface area contributed by atoms with Crippen molar-refractivity contribution < 1.29 is 19.0 Å². The molecule has 0 N–H and O–H groups in total. The van der Waals surface area contributed by atoms with E-state index < -0.39 is 0 Å². The predicted octanol–water partition coefficient (Wildman–Crippen LogP) is 3.86. The van der Waals surface area contributed by atoms with Gasteiger partial charge in [-0.3, -0.25) is 9.78 Å². The van der Waals surface area contributed by atoms with Crippen LogP contribution in [0.1, 0.15) is 29.8 Å². The van der Waals surface area contributed by atoms with Gasteiger partial charge in [-0.05, 0) is 17.4 Å². The van der Waals surface area contributed by atoms with Gasteiger partial charge in [0.1, 0.15) is 19.1 Å². The van der Waals surface area contributed by atoms with E-state index in [1.165, 1.54) is 19.4 Å². The van der Waals surface area contributed by atoms with Gasteiger partial charge < -0.3 is 14.2 Å². The molecule has 0 amide bonds. The number of carbonyl (C=O) groups is 1. The summed E-state index contributed by atoms with van der Waals surface area (Å²) in [5.41, 5.74) is 2.80. The highest BCUT2D eigenvalue weighted by Crippen LogP contribution is 2.25. The molecule has 0 unspecified atom stereocenters. The lowest BCUT2D eigenvalue weighted by Gasteiger charge is -2.13. The maximum Gasteiger partial charge on any atom is 0.213 e. The maximum absolute atomic E-state index is 11.4. The highest BCUT2D eigenvalue weighted by molar-refractivity contribution is 7.99. The molecule has 0 bridgehead atoms. The van der Waals surface area contributed by atoms with Gasteiger partial charge in [0.15, 0.2) is 6.29 Å². The first-order valence-electron chi connectivity index (χ1n) is 9.89.